The lowest BCUT2D eigenvalue weighted by Gasteiger charge is -2.30. The fourth-order valence-electron chi connectivity index (χ4n) is 2.99. The van der Waals surface area contributed by atoms with Crippen molar-refractivity contribution in [2.45, 2.75) is 58.3 Å². The van der Waals surface area contributed by atoms with E-state index in [1.54, 1.807) is 0 Å². The molecule has 0 spiro atoms. The highest BCUT2D eigenvalue weighted by Crippen LogP contribution is 2.37. The van der Waals surface area contributed by atoms with Crippen molar-refractivity contribution in [3.05, 3.63) is 23.0 Å². The van der Waals surface area contributed by atoms with Crippen LogP contribution >= 0.6 is 0 Å². The third-order valence-corrected chi connectivity index (χ3v) is 4.65. The van der Waals surface area contributed by atoms with E-state index in [1.165, 1.54) is 17.0 Å². The average molecular weight is 288 g/mol. The number of hydrogen-bond donors (Lipinski definition) is 1. The van der Waals surface area contributed by atoms with E-state index >= 15 is 0 Å². The smallest absolute Gasteiger partial charge is 0.352 e. The van der Waals surface area contributed by atoms with Crippen LogP contribution < -0.4 is 5.32 Å². The van der Waals surface area contributed by atoms with Crippen LogP contribution in [0, 0.1) is 19.8 Å². The first kappa shape index (κ1) is 15.4. The molecule has 0 amide bonds. The molecule has 1 aliphatic carbocycles. The first-order valence-electron chi connectivity index (χ1n) is 7.21. The zero-order valence-electron chi connectivity index (χ0n) is 12.3. The minimum absolute atomic E-state index is 0.216. The fraction of sp³-hybridized carbons (Fsp3) is 0.733. The van der Waals surface area contributed by atoms with E-state index in [0.717, 1.165) is 6.54 Å². The van der Waals surface area contributed by atoms with Gasteiger partial charge in [-0.15, -0.1) is 0 Å². The lowest BCUT2D eigenvalue weighted by atomic mass is 9.85. The molecule has 1 saturated carbocycles. The Morgan fingerprint density at radius 3 is 2.25 bits per heavy atom. The number of aryl methyl sites for hydroxylation is 1. The van der Waals surface area contributed by atoms with E-state index in [1.807, 2.05) is 7.05 Å². The van der Waals surface area contributed by atoms with Crippen LogP contribution in [0.2, 0.25) is 0 Å². The topological polar surface area (TPSA) is 17.0 Å². The van der Waals surface area contributed by atoms with Crippen LogP contribution in [0.25, 0.3) is 0 Å². The van der Waals surface area contributed by atoms with Crippen LogP contribution in [0.4, 0.5) is 13.2 Å². The van der Waals surface area contributed by atoms with Gasteiger partial charge in [0.25, 0.3) is 0 Å². The molecule has 0 aliphatic heterocycles. The van der Waals surface area contributed by atoms with Gasteiger partial charge in [0, 0.05) is 31.0 Å². The maximum absolute atomic E-state index is 12.6. The summed E-state index contributed by atoms with van der Waals surface area (Å²) >= 11 is 0. The van der Waals surface area contributed by atoms with Gasteiger partial charge in [0.2, 0.25) is 0 Å². The predicted octanol–water partition coefficient (Wildman–Crippen LogP) is 3.85. The number of halogens is 3. The molecule has 2 nitrogen and oxygen atoms in total. The predicted molar refractivity (Wildman–Crippen MR) is 73.5 cm³/mol. The van der Waals surface area contributed by atoms with Crippen LogP contribution in [0.1, 0.15) is 42.6 Å². The molecular weight excluding hydrogens is 265 g/mol. The maximum Gasteiger partial charge on any atom is 0.391 e. The molecule has 0 radical (unpaired) electrons. The molecule has 1 aromatic heterocycles. The van der Waals surface area contributed by atoms with Crippen molar-refractivity contribution >= 4 is 0 Å². The summed E-state index contributed by atoms with van der Waals surface area (Å²) in [4.78, 5) is 0. The summed E-state index contributed by atoms with van der Waals surface area (Å²) in [6.45, 7) is 4.88. The summed E-state index contributed by atoms with van der Waals surface area (Å²) < 4.78 is 39.9. The van der Waals surface area contributed by atoms with Gasteiger partial charge in [-0.3, -0.25) is 0 Å². The van der Waals surface area contributed by atoms with E-state index in [2.05, 4.69) is 29.8 Å². The van der Waals surface area contributed by atoms with Gasteiger partial charge in [-0.25, -0.2) is 0 Å². The molecule has 5 heteroatoms. The van der Waals surface area contributed by atoms with E-state index < -0.39 is 12.1 Å². The Balaban J connectivity index is 1.83. The van der Waals surface area contributed by atoms with Crippen molar-refractivity contribution in [3.8, 4) is 0 Å². The van der Waals surface area contributed by atoms with Gasteiger partial charge < -0.3 is 9.88 Å². The van der Waals surface area contributed by atoms with Gasteiger partial charge in [0.05, 0.1) is 5.92 Å². The van der Waals surface area contributed by atoms with E-state index in [0.29, 0.717) is 12.8 Å². The monoisotopic (exact) mass is 288 g/mol. The SMILES string of the molecule is Cc1cc(CNC2CCC(C(F)(F)F)CC2)c(C)n1C. The molecular formula is C15H23F3N2. The third kappa shape index (κ3) is 3.37. The first-order chi connectivity index (χ1) is 9.29. The standard InChI is InChI=1S/C15H23F3N2/c1-10-8-12(11(2)20(10)3)9-19-14-6-4-13(5-7-14)15(16,17)18/h8,13-14,19H,4-7,9H2,1-3H3. The van der Waals surface area contributed by atoms with Crippen molar-refractivity contribution in [1.82, 2.24) is 9.88 Å². The summed E-state index contributed by atoms with van der Waals surface area (Å²) in [5, 5.41) is 3.41. The molecule has 1 aromatic rings. The summed E-state index contributed by atoms with van der Waals surface area (Å²) in [6, 6.07) is 2.36. The maximum atomic E-state index is 12.6. The van der Waals surface area contributed by atoms with Gasteiger partial charge >= 0.3 is 6.18 Å². The minimum atomic E-state index is -4.02. The number of aromatic nitrogens is 1. The molecule has 0 unspecified atom stereocenters. The molecule has 2 rings (SSSR count). The molecule has 0 saturated heterocycles. The van der Waals surface area contributed by atoms with Gasteiger partial charge in [-0.05, 0) is 51.2 Å². The summed E-state index contributed by atoms with van der Waals surface area (Å²) in [6.07, 6.45) is -2.26. The highest BCUT2D eigenvalue weighted by molar-refractivity contribution is 5.26. The quantitative estimate of drug-likeness (QED) is 0.894. The van der Waals surface area contributed by atoms with Crippen molar-refractivity contribution in [1.29, 1.82) is 0 Å². The Labute approximate surface area is 118 Å². The molecule has 1 aliphatic rings. The van der Waals surface area contributed by atoms with Crippen molar-refractivity contribution in [2.75, 3.05) is 0 Å². The van der Waals surface area contributed by atoms with Crippen molar-refractivity contribution < 1.29 is 13.2 Å². The Morgan fingerprint density at radius 2 is 1.80 bits per heavy atom. The number of alkyl halides is 3. The number of nitrogens with zero attached hydrogens (tertiary/aromatic N) is 1. The zero-order valence-corrected chi connectivity index (χ0v) is 12.3. The number of nitrogens with one attached hydrogen (secondary N) is 1. The van der Waals surface area contributed by atoms with Crippen molar-refractivity contribution in [2.24, 2.45) is 13.0 Å². The number of rotatable bonds is 3. The zero-order chi connectivity index (χ0) is 14.9. The van der Waals surface area contributed by atoms with E-state index in [-0.39, 0.29) is 18.9 Å². The number of hydrogen-bond acceptors (Lipinski definition) is 1. The molecule has 114 valence electrons. The molecule has 1 heterocycles. The van der Waals surface area contributed by atoms with E-state index in [9.17, 15) is 13.2 Å². The molecule has 0 bridgehead atoms. The Kier molecular flexibility index (Phi) is 4.47. The summed E-state index contributed by atoms with van der Waals surface area (Å²) in [5.41, 5.74) is 3.67. The highest BCUT2D eigenvalue weighted by atomic mass is 19.4. The van der Waals surface area contributed by atoms with Crippen LogP contribution in [-0.4, -0.2) is 16.8 Å². The second kappa shape index (κ2) is 5.80. The van der Waals surface area contributed by atoms with Gasteiger partial charge in [0.15, 0.2) is 0 Å². The second-order valence-corrected chi connectivity index (χ2v) is 5.93. The van der Waals surface area contributed by atoms with Crippen LogP contribution in [-0.2, 0) is 13.6 Å². The molecule has 1 N–H and O–H groups in total. The van der Waals surface area contributed by atoms with Crippen LogP contribution in [0.5, 0.6) is 0 Å². The normalized spacial score (nSPS) is 24.1. The lowest BCUT2D eigenvalue weighted by Crippen LogP contribution is -2.36. The van der Waals surface area contributed by atoms with E-state index in [4.69, 9.17) is 0 Å². The van der Waals surface area contributed by atoms with Crippen LogP contribution in [0.3, 0.4) is 0 Å². The Bertz CT molecular complexity index is 454. The second-order valence-electron chi connectivity index (χ2n) is 5.93. The lowest BCUT2D eigenvalue weighted by molar-refractivity contribution is -0.182. The highest BCUT2D eigenvalue weighted by Gasteiger charge is 2.41. The minimum Gasteiger partial charge on any atom is -0.352 e. The van der Waals surface area contributed by atoms with Crippen LogP contribution in [0.15, 0.2) is 6.07 Å². The summed E-state index contributed by atoms with van der Waals surface area (Å²) in [7, 11) is 2.03. The Hall–Kier alpha value is -0.970. The third-order valence-electron chi connectivity index (χ3n) is 4.65. The molecule has 0 aromatic carbocycles. The van der Waals surface area contributed by atoms with Gasteiger partial charge in [-0.1, -0.05) is 0 Å². The average Bonchev–Trinajstić information content (AvgIpc) is 2.63. The molecule has 1 fully saturated rings. The Morgan fingerprint density at radius 1 is 1.20 bits per heavy atom. The first-order valence-corrected chi connectivity index (χ1v) is 7.21. The molecule has 20 heavy (non-hydrogen) atoms. The molecule has 0 atom stereocenters. The largest absolute Gasteiger partial charge is 0.391 e. The van der Waals surface area contributed by atoms with Gasteiger partial charge in [-0.2, -0.15) is 13.2 Å². The van der Waals surface area contributed by atoms with Crippen molar-refractivity contribution in [3.63, 3.8) is 0 Å². The summed E-state index contributed by atoms with van der Waals surface area (Å²) in [5.74, 6) is -1.10. The fourth-order valence-corrected chi connectivity index (χ4v) is 2.99. The van der Waals surface area contributed by atoms with Gasteiger partial charge in [0.1, 0.15) is 0 Å².